The van der Waals surface area contributed by atoms with E-state index < -0.39 is 17.7 Å². The maximum absolute atomic E-state index is 14.2. The van der Waals surface area contributed by atoms with Crippen LogP contribution >= 0.6 is 0 Å². The zero-order valence-electron chi connectivity index (χ0n) is 18.2. The molecule has 170 valence electrons. The minimum absolute atomic E-state index is 0.0210. The molecular weight excluding hydrogens is 414 g/mol. The van der Waals surface area contributed by atoms with E-state index in [0.29, 0.717) is 26.2 Å². The summed E-state index contributed by atoms with van der Waals surface area (Å²) in [5, 5.41) is 2.79. The van der Waals surface area contributed by atoms with Gasteiger partial charge in [-0.1, -0.05) is 30.3 Å². The Morgan fingerprint density at radius 1 is 1.03 bits per heavy atom. The number of carbonyl (C=O) groups excluding carboxylic acids is 2. The molecule has 2 aliphatic rings. The molecule has 2 fully saturated rings. The topological polar surface area (TPSA) is 55.9 Å². The first-order valence-electron chi connectivity index (χ1n) is 11.0. The average molecular weight is 443 g/mol. The maximum atomic E-state index is 14.2. The Bertz CT molecular complexity index is 992. The lowest BCUT2D eigenvalue weighted by Gasteiger charge is -2.39. The lowest BCUT2D eigenvalue weighted by molar-refractivity contribution is -0.139. The normalized spacial score (nSPS) is 19.7. The van der Waals surface area contributed by atoms with Gasteiger partial charge in [0.1, 0.15) is 0 Å². The molecule has 0 spiro atoms. The summed E-state index contributed by atoms with van der Waals surface area (Å²) in [6, 6.07) is 11.5. The molecule has 1 atom stereocenters. The Kier molecular flexibility index (Phi) is 6.69. The van der Waals surface area contributed by atoms with Crippen LogP contribution in [0.1, 0.15) is 17.5 Å². The second kappa shape index (κ2) is 9.65. The molecule has 0 radical (unpaired) electrons. The van der Waals surface area contributed by atoms with Crippen LogP contribution in [0.4, 0.5) is 14.5 Å². The lowest BCUT2D eigenvalue weighted by atomic mass is 10.1. The molecule has 2 heterocycles. The Balaban J connectivity index is 1.39. The average Bonchev–Trinajstić information content (AvgIpc) is 2.79. The van der Waals surface area contributed by atoms with E-state index in [4.69, 9.17) is 0 Å². The molecule has 32 heavy (non-hydrogen) atoms. The Labute approximate surface area is 186 Å². The van der Waals surface area contributed by atoms with Crippen LogP contribution in [0.15, 0.2) is 42.5 Å². The first-order valence-corrected chi connectivity index (χ1v) is 11.0. The zero-order valence-corrected chi connectivity index (χ0v) is 18.2. The number of anilines is 1. The molecule has 6 nitrogen and oxygen atoms in total. The van der Waals surface area contributed by atoms with Gasteiger partial charge in [-0.25, -0.2) is 8.78 Å². The number of piperazine rings is 2. The van der Waals surface area contributed by atoms with Gasteiger partial charge in [-0.05, 0) is 24.6 Å². The summed E-state index contributed by atoms with van der Waals surface area (Å²) in [6.45, 7) is 5.66. The van der Waals surface area contributed by atoms with Crippen LogP contribution in [0, 0.1) is 18.6 Å². The number of amides is 2. The van der Waals surface area contributed by atoms with Crippen molar-refractivity contribution in [2.24, 2.45) is 0 Å². The molecule has 0 aromatic heterocycles. The number of nitrogens with one attached hydrogen (secondary N) is 1. The first kappa shape index (κ1) is 22.2. The molecule has 2 aromatic carbocycles. The number of benzene rings is 2. The number of carbonyl (C=O) groups is 2. The Hall–Kier alpha value is -3.00. The largest absolute Gasteiger partial charge is 0.368 e. The van der Waals surface area contributed by atoms with Crippen LogP contribution in [0.3, 0.4) is 0 Å². The number of rotatable bonds is 5. The number of hydrogen-bond donors (Lipinski definition) is 1. The molecule has 1 unspecified atom stereocenters. The van der Waals surface area contributed by atoms with Gasteiger partial charge in [0.05, 0.1) is 12.5 Å². The van der Waals surface area contributed by atoms with E-state index in [9.17, 15) is 18.4 Å². The Morgan fingerprint density at radius 2 is 1.78 bits per heavy atom. The van der Waals surface area contributed by atoms with Crippen molar-refractivity contribution in [3.8, 4) is 0 Å². The smallest absolute Gasteiger partial charge is 0.237 e. The lowest BCUT2D eigenvalue weighted by Crippen LogP contribution is -2.57. The fraction of sp³-hybridized carbons (Fsp3) is 0.417. The highest BCUT2D eigenvalue weighted by Gasteiger charge is 2.34. The highest BCUT2D eigenvalue weighted by molar-refractivity contribution is 5.89. The molecule has 2 aliphatic heterocycles. The van der Waals surface area contributed by atoms with Gasteiger partial charge in [0.2, 0.25) is 11.8 Å². The van der Waals surface area contributed by atoms with Crippen molar-refractivity contribution in [3.63, 3.8) is 0 Å². The monoisotopic (exact) mass is 442 g/mol. The third kappa shape index (κ3) is 4.75. The van der Waals surface area contributed by atoms with Gasteiger partial charge < -0.3 is 15.1 Å². The van der Waals surface area contributed by atoms with Crippen LogP contribution in [0.2, 0.25) is 0 Å². The molecule has 2 saturated heterocycles. The Morgan fingerprint density at radius 3 is 2.53 bits per heavy atom. The van der Waals surface area contributed by atoms with Crippen LogP contribution in [0.25, 0.3) is 0 Å². The van der Waals surface area contributed by atoms with Gasteiger partial charge >= 0.3 is 0 Å². The minimum atomic E-state index is -0.914. The van der Waals surface area contributed by atoms with E-state index in [1.165, 1.54) is 23.4 Å². The van der Waals surface area contributed by atoms with Crippen molar-refractivity contribution in [3.05, 3.63) is 65.2 Å². The van der Waals surface area contributed by atoms with Crippen molar-refractivity contribution >= 4 is 17.5 Å². The summed E-state index contributed by atoms with van der Waals surface area (Å²) in [7, 11) is 0. The fourth-order valence-corrected chi connectivity index (χ4v) is 4.47. The van der Waals surface area contributed by atoms with Gasteiger partial charge in [-0.2, -0.15) is 0 Å². The van der Waals surface area contributed by atoms with E-state index >= 15 is 0 Å². The van der Waals surface area contributed by atoms with E-state index in [0.717, 1.165) is 19.2 Å². The van der Waals surface area contributed by atoms with E-state index in [1.807, 2.05) is 12.1 Å². The number of aryl methyl sites for hydroxylation is 1. The molecule has 0 aliphatic carbocycles. The van der Waals surface area contributed by atoms with Crippen LogP contribution in [0.5, 0.6) is 0 Å². The molecule has 0 bridgehead atoms. The number of hydrogen-bond acceptors (Lipinski definition) is 4. The van der Waals surface area contributed by atoms with E-state index in [-0.39, 0.29) is 30.3 Å². The highest BCUT2D eigenvalue weighted by atomic mass is 19.2. The summed E-state index contributed by atoms with van der Waals surface area (Å²) < 4.78 is 27.8. The minimum Gasteiger partial charge on any atom is -0.368 e. The highest BCUT2D eigenvalue weighted by Crippen LogP contribution is 2.22. The van der Waals surface area contributed by atoms with Gasteiger partial charge in [-0.15, -0.1) is 0 Å². The second-order valence-corrected chi connectivity index (χ2v) is 8.35. The maximum Gasteiger partial charge on any atom is 0.237 e. The number of para-hydroxylation sites is 1. The van der Waals surface area contributed by atoms with Gasteiger partial charge in [0.25, 0.3) is 0 Å². The predicted molar refractivity (Wildman–Crippen MR) is 118 cm³/mol. The molecule has 4 rings (SSSR count). The van der Waals surface area contributed by atoms with Gasteiger partial charge in [-0.3, -0.25) is 14.5 Å². The quantitative estimate of drug-likeness (QED) is 0.772. The zero-order chi connectivity index (χ0) is 22.7. The van der Waals surface area contributed by atoms with Gasteiger partial charge in [0, 0.05) is 57.1 Å². The van der Waals surface area contributed by atoms with E-state index in [1.54, 1.807) is 9.80 Å². The summed E-state index contributed by atoms with van der Waals surface area (Å²) in [5.41, 5.74) is 2.56. The second-order valence-electron chi connectivity index (χ2n) is 8.35. The summed E-state index contributed by atoms with van der Waals surface area (Å²) in [6.07, 6.45) is 0.0210. The van der Waals surface area contributed by atoms with Crippen molar-refractivity contribution in [2.45, 2.75) is 25.9 Å². The van der Waals surface area contributed by atoms with E-state index in [2.05, 4.69) is 29.3 Å². The molecular formula is C24H28F2N4O2. The van der Waals surface area contributed by atoms with Crippen LogP contribution in [-0.2, 0) is 16.1 Å². The van der Waals surface area contributed by atoms with Crippen molar-refractivity contribution in [2.75, 3.05) is 44.2 Å². The molecule has 2 aromatic rings. The van der Waals surface area contributed by atoms with Gasteiger partial charge in [0.15, 0.2) is 11.6 Å². The first-order chi connectivity index (χ1) is 15.4. The summed E-state index contributed by atoms with van der Waals surface area (Å²) in [4.78, 5) is 31.4. The summed E-state index contributed by atoms with van der Waals surface area (Å²) in [5.74, 6) is -2.17. The van der Waals surface area contributed by atoms with Crippen LogP contribution in [-0.4, -0.2) is 66.9 Å². The third-order valence-corrected chi connectivity index (χ3v) is 6.30. The third-order valence-electron chi connectivity index (χ3n) is 6.30. The van der Waals surface area contributed by atoms with Crippen molar-refractivity contribution < 1.29 is 18.4 Å². The molecule has 8 heteroatoms. The molecule has 2 amide bonds. The standard InChI is InChI=1S/C24H28F2N4O2/c1-17-5-2-3-8-20(17)28-11-13-29(14-12-28)22(31)15-21-24(32)27-9-10-30(21)16-18-6-4-7-19(25)23(18)26/h2-8,21H,9-16H2,1H3,(H,27,32). The molecule has 0 saturated carbocycles. The summed E-state index contributed by atoms with van der Waals surface area (Å²) >= 11 is 0. The van der Waals surface area contributed by atoms with Crippen LogP contribution < -0.4 is 10.2 Å². The molecule has 1 N–H and O–H groups in total. The predicted octanol–water partition coefficient (Wildman–Crippen LogP) is 2.31. The SMILES string of the molecule is Cc1ccccc1N1CCN(C(=O)CC2C(=O)NCCN2Cc2cccc(F)c2F)CC1. The fourth-order valence-electron chi connectivity index (χ4n) is 4.47. The number of nitrogens with zero attached hydrogens (tertiary/aromatic N) is 3. The number of halogens is 2. The van der Waals surface area contributed by atoms with Crippen molar-refractivity contribution in [1.82, 2.24) is 15.1 Å². The van der Waals surface area contributed by atoms with Crippen molar-refractivity contribution in [1.29, 1.82) is 0 Å².